The molecule has 1 heterocycles. The molecule has 0 bridgehead atoms. The van der Waals surface area contributed by atoms with Crippen LogP contribution in [0.2, 0.25) is 5.15 Å². The number of aromatic nitrogens is 1. The summed E-state index contributed by atoms with van der Waals surface area (Å²) in [4.78, 5) is 14.1. The zero-order valence-electron chi connectivity index (χ0n) is 9.87. The van der Waals surface area contributed by atoms with Gasteiger partial charge >= 0.3 is 5.69 Å². The summed E-state index contributed by atoms with van der Waals surface area (Å²) in [7, 11) is 1.51. The first-order valence-electron chi connectivity index (χ1n) is 5.22. The second-order valence-corrected chi connectivity index (χ2v) is 3.85. The lowest BCUT2D eigenvalue weighted by atomic mass is 10.3. The summed E-state index contributed by atoms with van der Waals surface area (Å²) >= 11 is 5.83. The first-order valence-corrected chi connectivity index (χ1v) is 5.60. The van der Waals surface area contributed by atoms with E-state index in [1.807, 2.05) is 0 Å². The highest BCUT2D eigenvalue weighted by Gasteiger charge is 2.20. The summed E-state index contributed by atoms with van der Waals surface area (Å²) in [5.41, 5.74) is -0.247. The van der Waals surface area contributed by atoms with E-state index in [4.69, 9.17) is 21.1 Å². The standard InChI is InChI=1S/C12H9ClN2O4/c1-18-8-3-2-4-9(7-8)19-11-10(15(16)17)5-6-14-12(11)13/h2-7H,1H3. The van der Waals surface area contributed by atoms with Crippen molar-refractivity contribution in [1.82, 2.24) is 4.98 Å². The SMILES string of the molecule is COc1cccc(Oc2c([N+](=O)[O-])ccnc2Cl)c1. The van der Waals surface area contributed by atoms with Gasteiger partial charge in [-0.3, -0.25) is 10.1 Å². The minimum atomic E-state index is -0.580. The zero-order chi connectivity index (χ0) is 13.8. The normalized spacial score (nSPS) is 10.0. The predicted octanol–water partition coefficient (Wildman–Crippen LogP) is 3.44. The molecule has 0 amide bonds. The fraction of sp³-hybridized carbons (Fsp3) is 0.0833. The fourth-order valence-corrected chi connectivity index (χ4v) is 1.63. The Hall–Kier alpha value is -2.34. The number of pyridine rings is 1. The third-order valence-corrected chi connectivity index (χ3v) is 2.57. The maximum atomic E-state index is 10.9. The number of hydrogen-bond donors (Lipinski definition) is 0. The van der Waals surface area contributed by atoms with E-state index in [0.29, 0.717) is 11.5 Å². The van der Waals surface area contributed by atoms with E-state index < -0.39 is 4.92 Å². The summed E-state index contributed by atoms with van der Waals surface area (Å²) in [5.74, 6) is 0.847. The Morgan fingerprint density at radius 1 is 1.32 bits per heavy atom. The summed E-state index contributed by atoms with van der Waals surface area (Å²) in [6.07, 6.45) is 1.25. The van der Waals surface area contributed by atoms with Crippen LogP contribution in [0.15, 0.2) is 36.5 Å². The van der Waals surface area contributed by atoms with Crippen LogP contribution in [0, 0.1) is 10.1 Å². The first-order chi connectivity index (χ1) is 9.11. The second-order valence-electron chi connectivity index (χ2n) is 3.49. The molecule has 0 aliphatic carbocycles. The van der Waals surface area contributed by atoms with Gasteiger partial charge in [0.25, 0.3) is 0 Å². The molecule has 0 saturated carbocycles. The Bertz CT molecular complexity index is 618. The third kappa shape index (κ3) is 2.92. The lowest BCUT2D eigenvalue weighted by Crippen LogP contribution is -1.95. The van der Waals surface area contributed by atoms with E-state index in [2.05, 4.69) is 4.98 Å². The summed E-state index contributed by atoms with van der Waals surface area (Å²) < 4.78 is 10.5. The molecule has 0 atom stereocenters. The number of nitro groups is 1. The van der Waals surface area contributed by atoms with E-state index in [0.717, 1.165) is 0 Å². The van der Waals surface area contributed by atoms with Crippen molar-refractivity contribution < 1.29 is 14.4 Å². The van der Waals surface area contributed by atoms with Gasteiger partial charge in [0.1, 0.15) is 11.5 Å². The van der Waals surface area contributed by atoms with Crippen LogP contribution >= 0.6 is 11.6 Å². The smallest absolute Gasteiger partial charge is 0.316 e. The highest BCUT2D eigenvalue weighted by atomic mass is 35.5. The molecule has 0 spiro atoms. The summed E-state index contributed by atoms with van der Waals surface area (Å²) in [6, 6.07) is 7.88. The molecule has 6 nitrogen and oxygen atoms in total. The number of rotatable bonds is 4. The molecule has 0 aliphatic heterocycles. The Labute approximate surface area is 113 Å². The molecule has 0 unspecified atom stereocenters. The molecular formula is C12H9ClN2O4. The molecule has 0 fully saturated rings. The molecule has 1 aromatic heterocycles. The Morgan fingerprint density at radius 3 is 2.74 bits per heavy atom. The monoisotopic (exact) mass is 280 g/mol. The van der Waals surface area contributed by atoms with Crippen LogP contribution in [0.25, 0.3) is 0 Å². The number of benzene rings is 1. The predicted molar refractivity (Wildman–Crippen MR) is 69.0 cm³/mol. The van der Waals surface area contributed by atoms with Gasteiger partial charge in [-0.1, -0.05) is 17.7 Å². The minimum Gasteiger partial charge on any atom is -0.497 e. The van der Waals surface area contributed by atoms with Crippen LogP contribution in [-0.4, -0.2) is 17.0 Å². The average molecular weight is 281 g/mol. The van der Waals surface area contributed by atoms with Crippen LogP contribution in [0.4, 0.5) is 5.69 Å². The van der Waals surface area contributed by atoms with E-state index in [1.54, 1.807) is 24.3 Å². The van der Waals surface area contributed by atoms with Crippen molar-refractivity contribution in [2.24, 2.45) is 0 Å². The molecule has 7 heteroatoms. The fourth-order valence-electron chi connectivity index (χ4n) is 1.43. The van der Waals surface area contributed by atoms with Gasteiger partial charge < -0.3 is 9.47 Å². The van der Waals surface area contributed by atoms with E-state index in [9.17, 15) is 10.1 Å². The quantitative estimate of drug-likeness (QED) is 0.487. The van der Waals surface area contributed by atoms with Gasteiger partial charge in [0.05, 0.1) is 12.0 Å². The van der Waals surface area contributed by atoms with Crippen molar-refractivity contribution in [1.29, 1.82) is 0 Å². The average Bonchev–Trinajstić information content (AvgIpc) is 2.41. The van der Waals surface area contributed by atoms with Crippen LogP contribution in [0.3, 0.4) is 0 Å². The molecular weight excluding hydrogens is 272 g/mol. The molecule has 0 saturated heterocycles. The van der Waals surface area contributed by atoms with Gasteiger partial charge in [-0.15, -0.1) is 0 Å². The summed E-state index contributed by atoms with van der Waals surface area (Å²) in [5, 5.41) is 10.8. The lowest BCUT2D eigenvalue weighted by molar-refractivity contribution is -0.385. The minimum absolute atomic E-state index is 0.0722. The van der Waals surface area contributed by atoms with Crippen molar-refractivity contribution in [3.05, 3.63) is 51.8 Å². The molecule has 0 N–H and O–H groups in total. The van der Waals surface area contributed by atoms with E-state index in [1.165, 1.54) is 19.4 Å². The van der Waals surface area contributed by atoms with Crippen LogP contribution < -0.4 is 9.47 Å². The highest BCUT2D eigenvalue weighted by molar-refractivity contribution is 6.31. The Kier molecular flexibility index (Phi) is 3.82. The molecule has 2 aromatic rings. The first kappa shape index (κ1) is 13.1. The van der Waals surface area contributed by atoms with Crippen LogP contribution in [0.5, 0.6) is 17.2 Å². The van der Waals surface area contributed by atoms with Gasteiger partial charge in [-0.25, -0.2) is 4.98 Å². The van der Waals surface area contributed by atoms with Crippen molar-refractivity contribution in [2.75, 3.05) is 7.11 Å². The molecule has 1 aromatic carbocycles. The van der Waals surface area contributed by atoms with Gasteiger partial charge in [0.15, 0.2) is 5.15 Å². The largest absolute Gasteiger partial charge is 0.497 e. The molecule has 0 aliphatic rings. The van der Waals surface area contributed by atoms with Crippen molar-refractivity contribution >= 4 is 17.3 Å². The highest BCUT2D eigenvalue weighted by Crippen LogP contribution is 2.36. The third-order valence-electron chi connectivity index (χ3n) is 2.30. The van der Waals surface area contributed by atoms with Gasteiger partial charge in [0, 0.05) is 18.3 Å². The lowest BCUT2D eigenvalue weighted by Gasteiger charge is -2.08. The van der Waals surface area contributed by atoms with Crippen molar-refractivity contribution in [2.45, 2.75) is 0 Å². The molecule has 0 radical (unpaired) electrons. The Balaban J connectivity index is 2.40. The van der Waals surface area contributed by atoms with Gasteiger partial charge in [-0.2, -0.15) is 0 Å². The van der Waals surface area contributed by atoms with E-state index in [-0.39, 0.29) is 16.6 Å². The topological polar surface area (TPSA) is 74.5 Å². The van der Waals surface area contributed by atoms with Crippen LogP contribution in [0.1, 0.15) is 0 Å². The van der Waals surface area contributed by atoms with Crippen molar-refractivity contribution in [3.63, 3.8) is 0 Å². The zero-order valence-corrected chi connectivity index (χ0v) is 10.6. The van der Waals surface area contributed by atoms with Crippen molar-refractivity contribution in [3.8, 4) is 17.2 Å². The van der Waals surface area contributed by atoms with E-state index >= 15 is 0 Å². The number of nitrogens with zero attached hydrogens (tertiary/aromatic N) is 2. The number of methoxy groups -OCH3 is 1. The number of ether oxygens (including phenoxy) is 2. The maximum absolute atomic E-state index is 10.9. The van der Waals surface area contributed by atoms with Crippen LogP contribution in [-0.2, 0) is 0 Å². The summed E-state index contributed by atoms with van der Waals surface area (Å²) in [6.45, 7) is 0. The number of hydrogen-bond acceptors (Lipinski definition) is 5. The molecule has 19 heavy (non-hydrogen) atoms. The number of halogens is 1. The van der Waals surface area contributed by atoms with Gasteiger partial charge in [-0.05, 0) is 12.1 Å². The second kappa shape index (κ2) is 5.53. The molecule has 98 valence electrons. The maximum Gasteiger partial charge on any atom is 0.316 e. The Morgan fingerprint density at radius 2 is 2.05 bits per heavy atom. The molecule has 2 rings (SSSR count). The van der Waals surface area contributed by atoms with Gasteiger partial charge in [0.2, 0.25) is 5.75 Å².